The molecule has 0 fully saturated rings. The third-order valence-electron chi connectivity index (χ3n) is 4.41. The minimum atomic E-state index is -0.225. The molecule has 0 saturated carbocycles. The molecule has 0 unspecified atom stereocenters. The van der Waals surface area contributed by atoms with Gasteiger partial charge in [0.1, 0.15) is 5.82 Å². The largest absolute Gasteiger partial charge is 0.383 e. The van der Waals surface area contributed by atoms with E-state index in [-0.39, 0.29) is 23.8 Å². The summed E-state index contributed by atoms with van der Waals surface area (Å²) in [7, 11) is 3.39. The van der Waals surface area contributed by atoms with Gasteiger partial charge in [0, 0.05) is 38.6 Å². The van der Waals surface area contributed by atoms with Gasteiger partial charge in [-0.1, -0.05) is 47.0 Å². The molecular weight excluding hydrogens is 344 g/mol. The minimum Gasteiger partial charge on any atom is -0.383 e. The first kappa shape index (κ1) is 23.1. The molecule has 1 heterocycles. The van der Waals surface area contributed by atoms with E-state index in [0.717, 1.165) is 31.4 Å². The molecule has 0 aliphatic heterocycles. The van der Waals surface area contributed by atoms with Crippen molar-refractivity contribution in [3.05, 3.63) is 11.8 Å². The van der Waals surface area contributed by atoms with Gasteiger partial charge in [-0.3, -0.25) is 14.3 Å². The summed E-state index contributed by atoms with van der Waals surface area (Å²) in [4.78, 5) is 26.5. The van der Waals surface area contributed by atoms with Crippen molar-refractivity contribution in [1.82, 2.24) is 14.7 Å². The molecular formula is C20H36N4O3. The first-order chi connectivity index (χ1) is 12.7. The predicted octanol–water partition coefficient (Wildman–Crippen LogP) is 3.10. The number of hydrogen-bond acceptors (Lipinski definition) is 4. The van der Waals surface area contributed by atoms with Crippen LogP contribution >= 0.6 is 0 Å². The Hall–Kier alpha value is -1.89. The second-order valence-corrected chi connectivity index (χ2v) is 7.96. The Kier molecular flexibility index (Phi) is 9.49. The van der Waals surface area contributed by atoms with Crippen LogP contribution in [-0.4, -0.2) is 53.3 Å². The highest BCUT2D eigenvalue weighted by molar-refractivity contribution is 5.94. The molecule has 27 heavy (non-hydrogen) atoms. The fourth-order valence-corrected chi connectivity index (χ4v) is 2.66. The number of aryl methyl sites for hydroxylation is 1. The number of amides is 2. The van der Waals surface area contributed by atoms with E-state index in [2.05, 4.69) is 38.1 Å². The summed E-state index contributed by atoms with van der Waals surface area (Å²) in [6.45, 7) is 9.20. The average Bonchev–Trinajstić information content (AvgIpc) is 2.96. The number of nitrogens with one attached hydrogen (secondary N) is 1. The van der Waals surface area contributed by atoms with Crippen LogP contribution in [0.4, 0.5) is 5.82 Å². The first-order valence-corrected chi connectivity index (χ1v) is 9.80. The van der Waals surface area contributed by atoms with Crippen molar-refractivity contribution >= 4 is 17.6 Å². The molecule has 1 rings (SSSR count). The van der Waals surface area contributed by atoms with Crippen LogP contribution < -0.4 is 5.32 Å². The van der Waals surface area contributed by atoms with Crippen LogP contribution in [0.15, 0.2) is 6.07 Å². The maximum Gasteiger partial charge on any atom is 0.245 e. The zero-order chi connectivity index (χ0) is 20.4. The molecule has 0 radical (unpaired) electrons. The smallest absolute Gasteiger partial charge is 0.245 e. The molecule has 0 aromatic carbocycles. The summed E-state index contributed by atoms with van der Waals surface area (Å²) in [6.07, 6.45) is 4.62. The summed E-state index contributed by atoms with van der Waals surface area (Å²) in [5.41, 5.74) is 0.809. The van der Waals surface area contributed by atoms with Crippen LogP contribution in [0, 0.1) is 0 Å². The van der Waals surface area contributed by atoms with Crippen molar-refractivity contribution < 1.29 is 14.3 Å². The van der Waals surface area contributed by atoms with Gasteiger partial charge in [-0.15, -0.1) is 0 Å². The zero-order valence-electron chi connectivity index (χ0n) is 17.8. The maximum atomic E-state index is 12.5. The summed E-state index contributed by atoms with van der Waals surface area (Å²) < 4.78 is 6.74. The molecule has 1 aromatic rings. The van der Waals surface area contributed by atoms with Gasteiger partial charge in [0.25, 0.3) is 0 Å². The molecule has 1 aromatic heterocycles. The summed E-state index contributed by atoms with van der Waals surface area (Å²) in [5.74, 6) is 0.405. The minimum absolute atomic E-state index is 0.00121. The number of methoxy groups -OCH3 is 1. The van der Waals surface area contributed by atoms with Gasteiger partial charge in [0.05, 0.1) is 18.8 Å². The Labute approximate surface area is 163 Å². The molecule has 0 spiro atoms. The maximum absolute atomic E-state index is 12.5. The number of anilines is 1. The van der Waals surface area contributed by atoms with Gasteiger partial charge in [-0.25, -0.2) is 0 Å². The van der Waals surface area contributed by atoms with Gasteiger partial charge in [-0.2, -0.15) is 5.10 Å². The van der Waals surface area contributed by atoms with E-state index in [1.54, 1.807) is 23.7 Å². The van der Waals surface area contributed by atoms with E-state index in [1.165, 1.54) is 0 Å². The van der Waals surface area contributed by atoms with E-state index >= 15 is 0 Å². The molecule has 1 N–H and O–H groups in total. The molecule has 0 aliphatic rings. The second-order valence-electron chi connectivity index (χ2n) is 7.96. The van der Waals surface area contributed by atoms with Gasteiger partial charge in [0.15, 0.2) is 0 Å². The second kappa shape index (κ2) is 11.1. The molecule has 154 valence electrons. The van der Waals surface area contributed by atoms with Crippen molar-refractivity contribution in [3.63, 3.8) is 0 Å². The predicted molar refractivity (Wildman–Crippen MR) is 108 cm³/mol. The van der Waals surface area contributed by atoms with E-state index < -0.39 is 0 Å². The standard InChI is InChI=1S/C20H36N4O3/c1-7-8-9-10-11-19(26)24(12-13-27-6)15-18(25)21-17-14-16(20(2,3)4)22-23(17)5/h14H,7-13,15H2,1-6H3,(H,21,25). The number of carbonyl (C=O) groups is 2. The van der Waals surface area contributed by atoms with Crippen molar-refractivity contribution in [1.29, 1.82) is 0 Å². The van der Waals surface area contributed by atoms with Crippen molar-refractivity contribution in [2.45, 2.75) is 65.2 Å². The van der Waals surface area contributed by atoms with Gasteiger partial charge >= 0.3 is 0 Å². The Morgan fingerprint density at radius 3 is 2.52 bits per heavy atom. The fraction of sp³-hybridized carbons (Fsp3) is 0.750. The van der Waals surface area contributed by atoms with E-state index in [9.17, 15) is 9.59 Å². The van der Waals surface area contributed by atoms with Crippen molar-refractivity contribution in [2.75, 3.05) is 32.1 Å². The number of ether oxygens (including phenoxy) is 1. The molecule has 0 bridgehead atoms. The number of rotatable bonds is 11. The van der Waals surface area contributed by atoms with Crippen LogP contribution in [0.3, 0.4) is 0 Å². The SMILES string of the molecule is CCCCCCC(=O)N(CCOC)CC(=O)Nc1cc(C(C)(C)C)nn1C. The lowest BCUT2D eigenvalue weighted by atomic mass is 9.92. The summed E-state index contributed by atoms with van der Waals surface area (Å²) in [5, 5.41) is 7.33. The lowest BCUT2D eigenvalue weighted by Gasteiger charge is -2.22. The quantitative estimate of drug-likeness (QED) is 0.599. The molecule has 2 amide bonds. The highest BCUT2D eigenvalue weighted by Crippen LogP contribution is 2.23. The Balaban J connectivity index is 2.67. The van der Waals surface area contributed by atoms with Crippen LogP contribution in [-0.2, 0) is 26.8 Å². The van der Waals surface area contributed by atoms with E-state index in [4.69, 9.17) is 4.74 Å². The normalized spacial score (nSPS) is 11.5. The van der Waals surface area contributed by atoms with E-state index in [1.807, 2.05) is 6.07 Å². The van der Waals surface area contributed by atoms with Gasteiger partial charge < -0.3 is 15.0 Å². The molecule has 0 atom stereocenters. The number of aromatic nitrogens is 2. The molecule has 7 nitrogen and oxygen atoms in total. The monoisotopic (exact) mass is 380 g/mol. The van der Waals surface area contributed by atoms with Gasteiger partial charge in [-0.05, 0) is 6.42 Å². The lowest BCUT2D eigenvalue weighted by Crippen LogP contribution is -2.40. The number of nitrogens with zero attached hydrogens (tertiary/aromatic N) is 3. The van der Waals surface area contributed by atoms with Crippen LogP contribution in [0.5, 0.6) is 0 Å². The number of hydrogen-bond donors (Lipinski definition) is 1. The van der Waals surface area contributed by atoms with Crippen LogP contribution in [0.25, 0.3) is 0 Å². The third-order valence-corrected chi connectivity index (χ3v) is 4.41. The van der Waals surface area contributed by atoms with E-state index in [0.29, 0.717) is 25.4 Å². The Morgan fingerprint density at radius 2 is 1.96 bits per heavy atom. The highest BCUT2D eigenvalue weighted by Gasteiger charge is 2.21. The summed E-state index contributed by atoms with van der Waals surface area (Å²) in [6, 6.07) is 1.88. The lowest BCUT2D eigenvalue weighted by molar-refractivity contribution is -0.135. The van der Waals surface area contributed by atoms with Gasteiger partial charge in [0.2, 0.25) is 11.8 Å². The van der Waals surface area contributed by atoms with Crippen LogP contribution in [0.2, 0.25) is 0 Å². The van der Waals surface area contributed by atoms with Crippen LogP contribution in [0.1, 0.15) is 65.5 Å². The Bertz CT molecular complexity index is 605. The molecule has 7 heteroatoms. The fourth-order valence-electron chi connectivity index (χ4n) is 2.66. The highest BCUT2D eigenvalue weighted by atomic mass is 16.5. The first-order valence-electron chi connectivity index (χ1n) is 9.80. The van der Waals surface area contributed by atoms with Crippen molar-refractivity contribution in [3.8, 4) is 0 Å². The average molecular weight is 381 g/mol. The zero-order valence-corrected chi connectivity index (χ0v) is 17.8. The molecule has 0 aliphatic carbocycles. The Morgan fingerprint density at radius 1 is 1.26 bits per heavy atom. The number of unbranched alkanes of at least 4 members (excludes halogenated alkanes) is 3. The topological polar surface area (TPSA) is 76.5 Å². The molecule has 0 saturated heterocycles. The summed E-state index contributed by atoms with van der Waals surface area (Å²) >= 11 is 0. The third kappa shape index (κ3) is 8.12. The van der Waals surface area contributed by atoms with Crippen molar-refractivity contribution in [2.24, 2.45) is 7.05 Å². The number of carbonyl (C=O) groups excluding carboxylic acids is 2.